The van der Waals surface area contributed by atoms with Crippen molar-refractivity contribution in [2.45, 2.75) is 44.2 Å². The molecule has 0 aromatic carbocycles. The fourth-order valence-electron chi connectivity index (χ4n) is 2.65. The van der Waals surface area contributed by atoms with Gasteiger partial charge in [0.15, 0.2) is 0 Å². The molecule has 0 aromatic rings. The van der Waals surface area contributed by atoms with Gasteiger partial charge >= 0.3 is 5.97 Å². The highest BCUT2D eigenvalue weighted by Crippen LogP contribution is 2.19. The zero-order valence-corrected chi connectivity index (χ0v) is 11.0. The zero-order chi connectivity index (χ0) is 13.7. The first-order valence-corrected chi connectivity index (χ1v) is 6.88. The van der Waals surface area contributed by atoms with Crippen molar-refractivity contribution in [2.75, 3.05) is 19.8 Å². The molecule has 2 heterocycles. The van der Waals surface area contributed by atoms with Crippen molar-refractivity contribution in [2.24, 2.45) is 5.92 Å². The molecule has 0 bridgehead atoms. The van der Waals surface area contributed by atoms with Crippen LogP contribution in [0.2, 0.25) is 0 Å². The molecule has 2 saturated heterocycles. The van der Waals surface area contributed by atoms with Gasteiger partial charge in [0.1, 0.15) is 6.04 Å². The Bertz CT molecular complexity index is 321. The quantitative estimate of drug-likeness (QED) is 0.763. The Kier molecular flexibility index (Phi) is 5.15. The van der Waals surface area contributed by atoms with E-state index in [1.54, 1.807) is 0 Å². The van der Waals surface area contributed by atoms with Crippen LogP contribution in [-0.2, 0) is 19.1 Å². The van der Waals surface area contributed by atoms with Crippen molar-refractivity contribution < 1.29 is 24.2 Å². The Morgan fingerprint density at radius 2 is 2.05 bits per heavy atom. The van der Waals surface area contributed by atoms with Crippen LogP contribution < -0.4 is 5.32 Å². The predicted molar refractivity (Wildman–Crippen MR) is 66.7 cm³/mol. The fourth-order valence-corrected chi connectivity index (χ4v) is 2.65. The molecule has 108 valence electrons. The number of rotatable bonds is 5. The van der Waals surface area contributed by atoms with E-state index >= 15 is 0 Å². The van der Waals surface area contributed by atoms with Crippen LogP contribution in [0.1, 0.15) is 32.1 Å². The van der Waals surface area contributed by atoms with Gasteiger partial charge in [0.25, 0.3) is 0 Å². The molecule has 0 spiro atoms. The van der Waals surface area contributed by atoms with Gasteiger partial charge in [-0.2, -0.15) is 0 Å². The number of aliphatic carboxylic acids is 1. The van der Waals surface area contributed by atoms with Gasteiger partial charge in [-0.05, 0) is 25.7 Å². The van der Waals surface area contributed by atoms with Crippen molar-refractivity contribution in [3.05, 3.63) is 0 Å². The first-order valence-electron chi connectivity index (χ1n) is 6.88. The first-order chi connectivity index (χ1) is 9.16. The van der Waals surface area contributed by atoms with Gasteiger partial charge in [-0.15, -0.1) is 0 Å². The summed E-state index contributed by atoms with van der Waals surface area (Å²) in [5, 5.41) is 11.8. The molecule has 19 heavy (non-hydrogen) atoms. The summed E-state index contributed by atoms with van der Waals surface area (Å²) in [5.41, 5.74) is 0. The monoisotopic (exact) mass is 271 g/mol. The van der Waals surface area contributed by atoms with Crippen LogP contribution in [0.4, 0.5) is 0 Å². The topological polar surface area (TPSA) is 84.9 Å². The number of carbonyl (C=O) groups excluding carboxylic acids is 1. The summed E-state index contributed by atoms with van der Waals surface area (Å²) in [6.45, 7) is 1.76. The van der Waals surface area contributed by atoms with Gasteiger partial charge < -0.3 is 19.9 Å². The maximum Gasteiger partial charge on any atom is 0.326 e. The van der Waals surface area contributed by atoms with E-state index in [9.17, 15) is 14.7 Å². The van der Waals surface area contributed by atoms with E-state index in [1.807, 2.05) is 0 Å². The summed E-state index contributed by atoms with van der Waals surface area (Å²) in [7, 11) is 0. The number of amides is 1. The highest BCUT2D eigenvalue weighted by Gasteiger charge is 2.32. The molecule has 0 aromatic heterocycles. The minimum absolute atomic E-state index is 0.0583. The Morgan fingerprint density at radius 1 is 1.26 bits per heavy atom. The number of hydrogen-bond acceptors (Lipinski definition) is 4. The number of ether oxygens (including phenoxy) is 2. The van der Waals surface area contributed by atoms with Gasteiger partial charge in [-0.3, -0.25) is 4.79 Å². The van der Waals surface area contributed by atoms with E-state index in [2.05, 4.69) is 5.32 Å². The van der Waals surface area contributed by atoms with E-state index in [1.165, 1.54) is 0 Å². The normalized spacial score (nSPS) is 28.8. The van der Waals surface area contributed by atoms with Gasteiger partial charge in [-0.1, -0.05) is 0 Å². The highest BCUT2D eigenvalue weighted by molar-refractivity contribution is 5.84. The molecule has 0 radical (unpaired) electrons. The van der Waals surface area contributed by atoms with E-state index < -0.39 is 12.0 Å². The highest BCUT2D eigenvalue weighted by atomic mass is 16.5. The maximum absolute atomic E-state index is 11.9. The zero-order valence-electron chi connectivity index (χ0n) is 11.0. The van der Waals surface area contributed by atoms with E-state index in [4.69, 9.17) is 9.47 Å². The maximum atomic E-state index is 11.9. The van der Waals surface area contributed by atoms with Crippen LogP contribution in [0.15, 0.2) is 0 Å². The first kappa shape index (κ1) is 14.3. The van der Waals surface area contributed by atoms with Gasteiger partial charge in [-0.25, -0.2) is 4.79 Å². The van der Waals surface area contributed by atoms with Crippen molar-refractivity contribution >= 4 is 11.9 Å². The van der Waals surface area contributed by atoms with Crippen molar-refractivity contribution in [1.29, 1.82) is 0 Å². The molecular formula is C13H21NO5. The van der Waals surface area contributed by atoms with Crippen LogP contribution in [0.25, 0.3) is 0 Å². The molecular weight excluding hydrogens is 250 g/mol. The molecule has 2 rings (SSSR count). The average molecular weight is 271 g/mol. The summed E-state index contributed by atoms with van der Waals surface area (Å²) in [6.07, 6.45) is 3.65. The van der Waals surface area contributed by atoms with Gasteiger partial charge in [0, 0.05) is 19.1 Å². The summed E-state index contributed by atoms with van der Waals surface area (Å²) < 4.78 is 10.7. The van der Waals surface area contributed by atoms with Gasteiger partial charge in [0.2, 0.25) is 5.91 Å². The lowest BCUT2D eigenvalue weighted by atomic mass is 9.93. The molecule has 1 amide bonds. The minimum Gasteiger partial charge on any atom is -0.480 e. The van der Waals surface area contributed by atoms with Crippen molar-refractivity contribution in [1.82, 2.24) is 5.32 Å². The van der Waals surface area contributed by atoms with Crippen LogP contribution in [-0.4, -0.2) is 48.9 Å². The molecule has 2 aliphatic rings. The Balaban J connectivity index is 1.84. The SMILES string of the molecule is O=C(CC1CCCO1)NC(C(=O)O)C1CCCOC1. The number of hydrogen-bond donors (Lipinski definition) is 2. The van der Waals surface area contributed by atoms with Crippen LogP contribution in [0, 0.1) is 5.92 Å². The third-order valence-corrected chi connectivity index (χ3v) is 3.69. The largest absolute Gasteiger partial charge is 0.480 e. The van der Waals surface area contributed by atoms with Crippen molar-refractivity contribution in [3.63, 3.8) is 0 Å². The summed E-state index contributed by atoms with van der Waals surface area (Å²) in [6, 6.07) is -0.853. The lowest BCUT2D eigenvalue weighted by molar-refractivity contribution is -0.145. The standard InChI is InChI=1S/C13H21NO5/c15-11(7-10-4-2-6-19-10)14-12(13(16)17)9-3-1-5-18-8-9/h9-10,12H,1-8H2,(H,14,15)(H,16,17). The number of carboxylic acids is 1. The minimum atomic E-state index is -0.990. The summed E-state index contributed by atoms with van der Waals surface area (Å²) in [4.78, 5) is 23.1. The Labute approximate surface area is 112 Å². The predicted octanol–water partition coefficient (Wildman–Crippen LogP) is 0.551. The number of carbonyl (C=O) groups is 2. The molecule has 3 atom stereocenters. The molecule has 3 unspecified atom stereocenters. The molecule has 6 heteroatoms. The van der Waals surface area contributed by atoms with Crippen LogP contribution in [0.5, 0.6) is 0 Å². The van der Waals surface area contributed by atoms with E-state index in [-0.39, 0.29) is 24.3 Å². The van der Waals surface area contributed by atoms with Gasteiger partial charge in [0.05, 0.1) is 19.1 Å². The number of carboxylic acid groups (broad SMARTS) is 1. The Morgan fingerprint density at radius 3 is 2.63 bits per heavy atom. The average Bonchev–Trinajstić information content (AvgIpc) is 2.89. The lowest BCUT2D eigenvalue weighted by Crippen LogP contribution is -2.48. The Hall–Kier alpha value is -1.14. The second-order valence-electron chi connectivity index (χ2n) is 5.20. The lowest BCUT2D eigenvalue weighted by Gasteiger charge is -2.28. The fraction of sp³-hybridized carbons (Fsp3) is 0.846. The summed E-state index contributed by atoms with van der Waals surface area (Å²) >= 11 is 0. The van der Waals surface area contributed by atoms with Crippen molar-refractivity contribution in [3.8, 4) is 0 Å². The molecule has 0 saturated carbocycles. The van der Waals surface area contributed by atoms with Crippen LogP contribution in [0.3, 0.4) is 0 Å². The van der Waals surface area contributed by atoms with E-state index in [0.717, 1.165) is 25.7 Å². The molecule has 2 aliphatic heterocycles. The van der Waals surface area contributed by atoms with Crippen LogP contribution >= 0.6 is 0 Å². The molecule has 2 fully saturated rings. The molecule has 2 N–H and O–H groups in total. The third-order valence-electron chi connectivity index (χ3n) is 3.69. The molecule has 0 aliphatic carbocycles. The smallest absolute Gasteiger partial charge is 0.326 e. The second kappa shape index (κ2) is 6.86. The molecule has 6 nitrogen and oxygen atoms in total. The second-order valence-corrected chi connectivity index (χ2v) is 5.20. The number of nitrogens with one attached hydrogen (secondary N) is 1. The van der Waals surface area contributed by atoms with E-state index in [0.29, 0.717) is 19.8 Å². The summed E-state index contributed by atoms with van der Waals surface area (Å²) in [5.74, 6) is -1.37. The third kappa shape index (κ3) is 4.18.